The zero-order chi connectivity index (χ0) is 22.1. The van der Waals surface area contributed by atoms with Gasteiger partial charge in [-0.05, 0) is 62.7 Å². The Kier molecular flexibility index (Phi) is 6.40. The van der Waals surface area contributed by atoms with Crippen molar-refractivity contribution in [2.45, 2.75) is 38.3 Å². The summed E-state index contributed by atoms with van der Waals surface area (Å²) < 4.78 is 29.5. The van der Waals surface area contributed by atoms with E-state index in [1.54, 1.807) is 19.9 Å². The molecule has 2 aromatic carbocycles. The van der Waals surface area contributed by atoms with Crippen LogP contribution in [0.5, 0.6) is 0 Å². The maximum absolute atomic E-state index is 12.8. The summed E-state index contributed by atoms with van der Waals surface area (Å²) in [4.78, 5) is 17.8. The Hall–Kier alpha value is -2.55. The van der Waals surface area contributed by atoms with Gasteiger partial charge in [0.2, 0.25) is 10.0 Å². The first-order chi connectivity index (χ1) is 14.1. The van der Waals surface area contributed by atoms with E-state index in [1.807, 2.05) is 23.6 Å². The SMILES string of the molecule is C=CCn1c(=NC(=O)c2ccc(S(=O)(=O)N(C)C(C)C)cc2)sc2cc(C)ccc21. The molecule has 3 aromatic rings. The van der Waals surface area contributed by atoms with E-state index in [0.717, 1.165) is 15.8 Å². The number of fused-ring (bicyclic) bond motifs is 1. The molecule has 30 heavy (non-hydrogen) atoms. The lowest BCUT2D eigenvalue weighted by Crippen LogP contribution is -2.33. The Morgan fingerprint density at radius 2 is 1.90 bits per heavy atom. The Morgan fingerprint density at radius 3 is 2.50 bits per heavy atom. The number of benzene rings is 2. The van der Waals surface area contributed by atoms with Gasteiger partial charge in [-0.15, -0.1) is 6.58 Å². The highest BCUT2D eigenvalue weighted by Crippen LogP contribution is 2.20. The molecule has 0 saturated carbocycles. The Labute approximate surface area is 180 Å². The lowest BCUT2D eigenvalue weighted by Gasteiger charge is -2.20. The van der Waals surface area contributed by atoms with Crippen LogP contribution in [0, 0.1) is 6.92 Å². The van der Waals surface area contributed by atoms with E-state index in [4.69, 9.17) is 0 Å². The van der Waals surface area contributed by atoms with Crippen molar-refractivity contribution in [3.8, 4) is 0 Å². The van der Waals surface area contributed by atoms with Crippen LogP contribution in [0.25, 0.3) is 10.2 Å². The zero-order valence-electron chi connectivity index (χ0n) is 17.5. The van der Waals surface area contributed by atoms with Crippen LogP contribution in [0.1, 0.15) is 29.8 Å². The number of carbonyl (C=O) groups is 1. The second-order valence-electron chi connectivity index (χ2n) is 7.31. The van der Waals surface area contributed by atoms with Gasteiger partial charge in [-0.1, -0.05) is 23.5 Å². The topological polar surface area (TPSA) is 71.7 Å². The van der Waals surface area contributed by atoms with Gasteiger partial charge in [0.25, 0.3) is 5.91 Å². The molecule has 3 rings (SSSR count). The third kappa shape index (κ3) is 4.30. The fourth-order valence-electron chi connectivity index (χ4n) is 2.94. The molecule has 8 heteroatoms. The number of aryl methyl sites for hydroxylation is 1. The summed E-state index contributed by atoms with van der Waals surface area (Å²) in [6.07, 6.45) is 1.76. The molecule has 0 saturated heterocycles. The van der Waals surface area contributed by atoms with Crippen LogP contribution in [0.4, 0.5) is 0 Å². The molecule has 6 nitrogen and oxygen atoms in total. The molecule has 1 aromatic heterocycles. The fourth-order valence-corrected chi connectivity index (χ4v) is 5.44. The van der Waals surface area contributed by atoms with Gasteiger partial charge in [-0.2, -0.15) is 9.30 Å². The van der Waals surface area contributed by atoms with E-state index in [9.17, 15) is 13.2 Å². The Balaban J connectivity index is 1.99. The van der Waals surface area contributed by atoms with Gasteiger partial charge in [-0.3, -0.25) is 4.79 Å². The number of allylic oxidation sites excluding steroid dienone is 1. The van der Waals surface area contributed by atoms with E-state index in [-0.39, 0.29) is 10.9 Å². The highest BCUT2D eigenvalue weighted by atomic mass is 32.2. The number of amides is 1. The van der Waals surface area contributed by atoms with E-state index >= 15 is 0 Å². The number of hydrogen-bond acceptors (Lipinski definition) is 4. The first-order valence-corrected chi connectivity index (χ1v) is 11.8. The number of hydrogen-bond donors (Lipinski definition) is 0. The highest BCUT2D eigenvalue weighted by Gasteiger charge is 2.23. The van der Waals surface area contributed by atoms with Crippen LogP contribution in [-0.4, -0.2) is 36.3 Å². The van der Waals surface area contributed by atoms with E-state index in [1.165, 1.54) is 47.0 Å². The van der Waals surface area contributed by atoms with Gasteiger partial charge in [0.15, 0.2) is 4.80 Å². The van der Waals surface area contributed by atoms with Gasteiger partial charge in [0.05, 0.1) is 15.1 Å². The van der Waals surface area contributed by atoms with Crippen molar-refractivity contribution in [2.24, 2.45) is 4.99 Å². The van der Waals surface area contributed by atoms with Gasteiger partial charge in [0.1, 0.15) is 0 Å². The molecule has 0 atom stereocenters. The summed E-state index contributed by atoms with van der Waals surface area (Å²) in [5, 5.41) is 0. The average molecular weight is 444 g/mol. The summed E-state index contributed by atoms with van der Waals surface area (Å²) in [7, 11) is -2.06. The number of rotatable bonds is 6. The Morgan fingerprint density at radius 1 is 1.23 bits per heavy atom. The molecule has 0 aliphatic carbocycles. The third-order valence-electron chi connectivity index (χ3n) is 4.85. The van der Waals surface area contributed by atoms with Crippen LogP contribution >= 0.6 is 11.3 Å². The van der Waals surface area contributed by atoms with E-state index < -0.39 is 15.9 Å². The number of carbonyl (C=O) groups excluding carboxylic acids is 1. The van der Waals surface area contributed by atoms with Crippen LogP contribution < -0.4 is 4.80 Å². The number of thiazole rings is 1. The van der Waals surface area contributed by atoms with Crippen molar-refractivity contribution in [1.82, 2.24) is 8.87 Å². The third-order valence-corrected chi connectivity index (χ3v) is 7.94. The molecule has 0 unspecified atom stereocenters. The molecule has 0 fully saturated rings. The minimum absolute atomic E-state index is 0.148. The number of nitrogens with zero attached hydrogens (tertiary/aromatic N) is 3. The van der Waals surface area contributed by atoms with Crippen LogP contribution in [0.3, 0.4) is 0 Å². The molecule has 1 heterocycles. The van der Waals surface area contributed by atoms with Crippen molar-refractivity contribution >= 4 is 37.5 Å². The first-order valence-electron chi connectivity index (χ1n) is 9.53. The highest BCUT2D eigenvalue weighted by molar-refractivity contribution is 7.89. The molecule has 158 valence electrons. The predicted molar refractivity (Wildman–Crippen MR) is 121 cm³/mol. The molecule has 0 spiro atoms. The normalized spacial score (nSPS) is 12.8. The number of sulfonamides is 1. The lowest BCUT2D eigenvalue weighted by atomic mass is 10.2. The van der Waals surface area contributed by atoms with E-state index in [2.05, 4.69) is 17.6 Å². The van der Waals surface area contributed by atoms with Gasteiger partial charge < -0.3 is 4.57 Å². The summed E-state index contributed by atoms with van der Waals surface area (Å²) in [5.74, 6) is -0.419. The second kappa shape index (κ2) is 8.67. The zero-order valence-corrected chi connectivity index (χ0v) is 19.1. The maximum atomic E-state index is 12.8. The average Bonchev–Trinajstić information content (AvgIpc) is 3.03. The van der Waals surface area contributed by atoms with Crippen molar-refractivity contribution < 1.29 is 13.2 Å². The molecule has 0 bridgehead atoms. The molecule has 0 radical (unpaired) electrons. The van der Waals surface area contributed by atoms with Crippen LogP contribution in [-0.2, 0) is 16.6 Å². The summed E-state index contributed by atoms with van der Waals surface area (Å²) in [6.45, 7) is 9.96. The van der Waals surface area contributed by atoms with Crippen molar-refractivity contribution in [3.05, 3.63) is 71.0 Å². The monoisotopic (exact) mass is 443 g/mol. The van der Waals surface area contributed by atoms with Crippen molar-refractivity contribution in [3.63, 3.8) is 0 Å². The van der Waals surface area contributed by atoms with Crippen LogP contribution in [0.2, 0.25) is 0 Å². The minimum atomic E-state index is -3.60. The Bertz CT molecular complexity index is 1270. The van der Waals surface area contributed by atoms with Gasteiger partial charge in [0, 0.05) is 25.2 Å². The smallest absolute Gasteiger partial charge is 0.279 e. The largest absolute Gasteiger partial charge is 0.312 e. The van der Waals surface area contributed by atoms with Crippen molar-refractivity contribution in [2.75, 3.05) is 7.05 Å². The minimum Gasteiger partial charge on any atom is -0.312 e. The van der Waals surface area contributed by atoms with Gasteiger partial charge in [-0.25, -0.2) is 8.42 Å². The fraction of sp³-hybridized carbons (Fsp3) is 0.273. The van der Waals surface area contributed by atoms with E-state index in [0.29, 0.717) is 16.9 Å². The standard InChI is InChI=1S/C22H25N3O3S2/c1-6-13-25-19-12-7-16(4)14-20(19)29-22(25)23-21(26)17-8-10-18(11-9-17)30(27,28)24(5)15(2)3/h6-12,14-15H,1,13H2,2-5H3. The molecule has 1 amide bonds. The predicted octanol–water partition coefficient (Wildman–Crippen LogP) is 3.97. The molecule has 0 aliphatic heterocycles. The lowest BCUT2D eigenvalue weighted by molar-refractivity contribution is 0.0997. The maximum Gasteiger partial charge on any atom is 0.279 e. The quantitative estimate of drug-likeness (QED) is 0.541. The summed E-state index contributed by atoms with van der Waals surface area (Å²) in [5.41, 5.74) is 2.46. The van der Waals surface area contributed by atoms with Crippen molar-refractivity contribution in [1.29, 1.82) is 0 Å². The first kappa shape index (κ1) is 22.1. The molecular weight excluding hydrogens is 418 g/mol. The summed E-state index contributed by atoms with van der Waals surface area (Å²) in [6, 6.07) is 11.8. The summed E-state index contributed by atoms with van der Waals surface area (Å²) >= 11 is 1.44. The van der Waals surface area contributed by atoms with Crippen LogP contribution in [0.15, 0.2) is 65.0 Å². The molecule has 0 N–H and O–H groups in total. The van der Waals surface area contributed by atoms with Gasteiger partial charge >= 0.3 is 0 Å². The number of aromatic nitrogens is 1. The second-order valence-corrected chi connectivity index (χ2v) is 10.3. The molecular formula is C22H25N3O3S2. The molecule has 0 aliphatic rings.